The summed E-state index contributed by atoms with van der Waals surface area (Å²) >= 11 is 0. The molecule has 0 amide bonds. The minimum atomic E-state index is -3.00. The van der Waals surface area contributed by atoms with Crippen molar-refractivity contribution in [1.29, 1.82) is 5.26 Å². The highest BCUT2D eigenvalue weighted by Gasteiger charge is 2.22. The largest absolute Gasteiger partial charge is 0.466 e. The van der Waals surface area contributed by atoms with Crippen LogP contribution >= 0.6 is 0 Å². The van der Waals surface area contributed by atoms with Gasteiger partial charge in [-0.2, -0.15) is 9.65 Å². The number of esters is 1. The highest BCUT2D eigenvalue weighted by atomic mass is 19.3. The van der Waals surface area contributed by atoms with Crippen LogP contribution in [-0.4, -0.2) is 17.6 Å². The Morgan fingerprint density at radius 3 is 2.78 bits per heavy atom. The molecule has 0 unspecified atom stereocenters. The van der Waals surface area contributed by atoms with E-state index in [0.717, 1.165) is 0 Å². The first-order valence-corrected chi connectivity index (χ1v) is 5.02. The van der Waals surface area contributed by atoms with Crippen LogP contribution in [0.2, 0.25) is 0 Å². The number of pyridine rings is 1. The van der Waals surface area contributed by atoms with E-state index in [1.807, 2.05) is 0 Å². The molecular formula is C11H9F3N2O2. The predicted octanol–water partition coefficient (Wildman–Crippen LogP) is 2.14. The van der Waals surface area contributed by atoms with Crippen LogP contribution < -0.4 is 0 Å². The molecule has 0 spiro atoms. The zero-order chi connectivity index (χ0) is 13.7. The van der Waals surface area contributed by atoms with E-state index in [0.29, 0.717) is 6.07 Å². The molecule has 0 saturated heterocycles. The second kappa shape index (κ2) is 6.00. The van der Waals surface area contributed by atoms with Gasteiger partial charge in [-0.3, -0.25) is 4.79 Å². The van der Waals surface area contributed by atoms with Crippen molar-refractivity contribution in [2.45, 2.75) is 19.8 Å². The third-order valence-electron chi connectivity index (χ3n) is 2.09. The van der Waals surface area contributed by atoms with Gasteiger partial charge in [0.25, 0.3) is 6.43 Å². The standard InChI is InChI=1S/C11H9F3N2O2/c1-2-18-10(17)4-6-7(11(13)14)3-9(12)16-8(6)5-15/h3,11H,2,4H2,1H3. The lowest BCUT2D eigenvalue weighted by Crippen LogP contribution is -2.12. The van der Waals surface area contributed by atoms with Crippen LogP contribution in [0.4, 0.5) is 13.2 Å². The van der Waals surface area contributed by atoms with Gasteiger partial charge >= 0.3 is 5.97 Å². The molecule has 0 saturated carbocycles. The fourth-order valence-corrected chi connectivity index (χ4v) is 1.39. The van der Waals surface area contributed by atoms with E-state index >= 15 is 0 Å². The summed E-state index contributed by atoms with van der Waals surface area (Å²) in [5.74, 6) is -1.96. The van der Waals surface area contributed by atoms with E-state index in [2.05, 4.69) is 9.72 Å². The number of nitriles is 1. The Balaban J connectivity index is 3.22. The molecule has 0 aromatic carbocycles. The van der Waals surface area contributed by atoms with E-state index in [1.54, 1.807) is 6.92 Å². The number of hydrogen-bond donors (Lipinski definition) is 0. The first-order valence-electron chi connectivity index (χ1n) is 5.02. The zero-order valence-corrected chi connectivity index (χ0v) is 9.41. The number of halogens is 3. The van der Waals surface area contributed by atoms with E-state index < -0.39 is 36.0 Å². The molecule has 0 N–H and O–H groups in total. The number of alkyl halides is 2. The number of aromatic nitrogens is 1. The number of ether oxygens (including phenoxy) is 1. The van der Waals surface area contributed by atoms with Crippen LogP contribution in [0.1, 0.15) is 30.2 Å². The normalized spacial score (nSPS) is 10.2. The topological polar surface area (TPSA) is 63.0 Å². The minimum absolute atomic E-state index is 0.0827. The third-order valence-corrected chi connectivity index (χ3v) is 2.09. The maximum absolute atomic E-state index is 12.9. The molecule has 1 aromatic heterocycles. The fraction of sp³-hybridized carbons (Fsp3) is 0.364. The second-order valence-corrected chi connectivity index (χ2v) is 3.26. The van der Waals surface area contributed by atoms with Crippen LogP contribution in [-0.2, 0) is 16.0 Å². The lowest BCUT2D eigenvalue weighted by atomic mass is 10.0. The van der Waals surface area contributed by atoms with Crippen LogP contribution in [0, 0.1) is 17.3 Å². The van der Waals surface area contributed by atoms with Crippen LogP contribution in [0.3, 0.4) is 0 Å². The fourth-order valence-electron chi connectivity index (χ4n) is 1.39. The molecule has 0 bridgehead atoms. The number of nitrogens with zero attached hydrogens (tertiary/aromatic N) is 2. The SMILES string of the molecule is CCOC(=O)Cc1c(C(F)F)cc(F)nc1C#N. The third kappa shape index (κ3) is 3.20. The molecule has 0 radical (unpaired) electrons. The molecule has 0 fully saturated rings. The number of carbonyl (C=O) groups is 1. The van der Waals surface area contributed by atoms with Crippen LogP contribution in [0.5, 0.6) is 0 Å². The second-order valence-electron chi connectivity index (χ2n) is 3.26. The van der Waals surface area contributed by atoms with Gasteiger partial charge in [0.2, 0.25) is 5.95 Å². The maximum Gasteiger partial charge on any atom is 0.310 e. The molecule has 1 heterocycles. The van der Waals surface area contributed by atoms with Crippen molar-refractivity contribution >= 4 is 5.97 Å². The number of carbonyl (C=O) groups excluding carboxylic acids is 1. The van der Waals surface area contributed by atoms with Crippen molar-refractivity contribution < 1.29 is 22.7 Å². The van der Waals surface area contributed by atoms with Crippen LogP contribution in [0.25, 0.3) is 0 Å². The molecular weight excluding hydrogens is 249 g/mol. The van der Waals surface area contributed by atoms with Crippen molar-refractivity contribution in [1.82, 2.24) is 4.98 Å². The smallest absolute Gasteiger partial charge is 0.310 e. The van der Waals surface area contributed by atoms with E-state index in [9.17, 15) is 18.0 Å². The van der Waals surface area contributed by atoms with Crippen molar-refractivity contribution in [3.05, 3.63) is 28.8 Å². The van der Waals surface area contributed by atoms with E-state index in [-0.39, 0.29) is 12.2 Å². The van der Waals surface area contributed by atoms with E-state index in [4.69, 9.17) is 5.26 Å². The summed E-state index contributed by atoms with van der Waals surface area (Å²) in [5, 5.41) is 8.72. The molecule has 7 heteroatoms. The number of hydrogen-bond acceptors (Lipinski definition) is 4. The van der Waals surface area contributed by atoms with Gasteiger partial charge in [-0.25, -0.2) is 13.8 Å². The average Bonchev–Trinajstić information content (AvgIpc) is 2.30. The summed E-state index contributed by atoms with van der Waals surface area (Å²) in [6.07, 6.45) is -3.54. The summed E-state index contributed by atoms with van der Waals surface area (Å²) in [5.41, 5.74) is -1.54. The molecule has 0 atom stereocenters. The van der Waals surface area contributed by atoms with Gasteiger partial charge in [0.05, 0.1) is 13.0 Å². The Labute approximate surface area is 101 Å². The molecule has 96 valence electrons. The summed E-state index contributed by atoms with van der Waals surface area (Å²) in [4.78, 5) is 14.4. The molecule has 1 rings (SSSR count). The number of rotatable bonds is 4. The van der Waals surface area contributed by atoms with Gasteiger partial charge in [0.1, 0.15) is 11.8 Å². The van der Waals surface area contributed by atoms with E-state index in [1.165, 1.54) is 6.07 Å². The zero-order valence-electron chi connectivity index (χ0n) is 9.41. The quantitative estimate of drug-likeness (QED) is 0.613. The first kappa shape index (κ1) is 14.0. The Hall–Kier alpha value is -2.10. The Kier molecular flexibility index (Phi) is 4.66. The Morgan fingerprint density at radius 2 is 2.28 bits per heavy atom. The van der Waals surface area contributed by atoms with Crippen molar-refractivity contribution in [3.8, 4) is 6.07 Å². The molecule has 0 aliphatic heterocycles. The summed E-state index contributed by atoms with van der Waals surface area (Å²) in [6, 6.07) is 2.00. The maximum atomic E-state index is 12.9. The lowest BCUT2D eigenvalue weighted by molar-refractivity contribution is -0.142. The molecule has 1 aromatic rings. The van der Waals surface area contributed by atoms with Gasteiger partial charge in [-0.1, -0.05) is 0 Å². The van der Waals surface area contributed by atoms with Gasteiger partial charge in [-0.15, -0.1) is 0 Å². The molecule has 4 nitrogen and oxygen atoms in total. The Bertz CT molecular complexity index is 498. The highest BCUT2D eigenvalue weighted by Crippen LogP contribution is 2.25. The Morgan fingerprint density at radius 1 is 1.61 bits per heavy atom. The van der Waals surface area contributed by atoms with Gasteiger partial charge < -0.3 is 4.74 Å². The van der Waals surface area contributed by atoms with Gasteiger partial charge in [0, 0.05) is 17.2 Å². The summed E-state index contributed by atoms with van der Waals surface area (Å²) < 4.78 is 42.9. The van der Waals surface area contributed by atoms with Gasteiger partial charge in [0.15, 0.2) is 0 Å². The first-order chi connectivity index (χ1) is 8.49. The van der Waals surface area contributed by atoms with Crippen molar-refractivity contribution in [2.75, 3.05) is 6.61 Å². The minimum Gasteiger partial charge on any atom is -0.466 e. The van der Waals surface area contributed by atoms with Gasteiger partial charge in [-0.05, 0) is 6.92 Å². The molecule has 0 aliphatic carbocycles. The van der Waals surface area contributed by atoms with Crippen molar-refractivity contribution in [2.24, 2.45) is 0 Å². The molecule has 18 heavy (non-hydrogen) atoms. The van der Waals surface area contributed by atoms with Crippen LogP contribution in [0.15, 0.2) is 6.07 Å². The predicted molar refractivity (Wildman–Crippen MR) is 54.2 cm³/mol. The van der Waals surface area contributed by atoms with Crippen molar-refractivity contribution in [3.63, 3.8) is 0 Å². The molecule has 0 aliphatic rings. The highest BCUT2D eigenvalue weighted by molar-refractivity contribution is 5.74. The monoisotopic (exact) mass is 258 g/mol. The summed E-state index contributed by atoms with van der Waals surface area (Å²) in [7, 11) is 0. The average molecular weight is 258 g/mol. The summed E-state index contributed by atoms with van der Waals surface area (Å²) in [6.45, 7) is 1.64. The lowest BCUT2D eigenvalue weighted by Gasteiger charge is -2.09.